The third kappa shape index (κ3) is 5.16. The molecule has 0 aliphatic carbocycles. The Labute approximate surface area is 207 Å². The summed E-state index contributed by atoms with van der Waals surface area (Å²) in [5.41, 5.74) is 2.61. The Hall–Kier alpha value is -3.81. The number of benzene rings is 2. The first-order chi connectivity index (χ1) is 16.9. The Bertz CT molecular complexity index is 1640. The van der Waals surface area contributed by atoms with Crippen LogP contribution in [0.25, 0.3) is 22.1 Å². The normalized spacial score (nSPS) is 11.6. The largest absolute Gasteiger partial charge is 0.338 e. The minimum atomic E-state index is -3.88. The molecule has 5 aromatic rings. The van der Waals surface area contributed by atoms with E-state index in [1.807, 2.05) is 24.3 Å². The lowest BCUT2D eigenvalue weighted by atomic mass is 10.2. The predicted octanol–water partition coefficient (Wildman–Crippen LogP) is 3.48. The second-order valence-electron chi connectivity index (χ2n) is 7.17. The van der Waals surface area contributed by atoms with Gasteiger partial charge in [0.2, 0.25) is 11.1 Å². The van der Waals surface area contributed by atoms with Crippen molar-refractivity contribution in [1.29, 1.82) is 0 Å². The maximum absolute atomic E-state index is 12.5. The van der Waals surface area contributed by atoms with Gasteiger partial charge in [0.15, 0.2) is 16.6 Å². The molecule has 0 bridgehead atoms. The summed E-state index contributed by atoms with van der Waals surface area (Å²) < 4.78 is 27.3. The number of fused-ring (bicyclic) bond motifs is 3. The van der Waals surface area contributed by atoms with Gasteiger partial charge in [0.1, 0.15) is 5.52 Å². The standard InChI is InChI=1S/C21H15ClN8O3S2/c22-16-9-10-17(27-26-16)30-35(32,33)13-7-5-12(6-8-13)23-18(31)11-34-21-25-20-19(28-29-21)14-3-1-2-4-15(14)24-20/h1-10H,11H2,(H,23,31)(H,27,30)(H,24,25,29). The Balaban J connectivity index is 1.20. The summed E-state index contributed by atoms with van der Waals surface area (Å²) in [4.78, 5) is 20.0. The van der Waals surface area contributed by atoms with E-state index in [0.717, 1.165) is 22.7 Å². The molecule has 35 heavy (non-hydrogen) atoms. The number of thioether (sulfide) groups is 1. The summed E-state index contributed by atoms with van der Waals surface area (Å²) >= 11 is 6.79. The molecule has 0 spiro atoms. The van der Waals surface area contributed by atoms with E-state index in [2.05, 4.69) is 40.4 Å². The summed E-state index contributed by atoms with van der Waals surface area (Å²) in [6.45, 7) is 0. The van der Waals surface area contributed by atoms with E-state index < -0.39 is 10.0 Å². The number of hydrogen-bond acceptors (Lipinski definition) is 9. The van der Waals surface area contributed by atoms with Gasteiger partial charge in [0.05, 0.1) is 10.6 Å². The highest BCUT2D eigenvalue weighted by molar-refractivity contribution is 7.99. The monoisotopic (exact) mass is 526 g/mol. The van der Waals surface area contributed by atoms with Crippen LogP contribution in [0.15, 0.2) is 70.7 Å². The molecule has 14 heteroatoms. The number of halogens is 1. The molecule has 0 saturated carbocycles. The van der Waals surface area contributed by atoms with E-state index in [9.17, 15) is 13.2 Å². The molecule has 3 N–H and O–H groups in total. The number of rotatable bonds is 7. The molecule has 0 saturated heterocycles. The van der Waals surface area contributed by atoms with Crippen LogP contribution in [-0.4, -0.2) is 50.4 Å². The molecule has 5 rings (SSSR count). The minimum Gasteiger partial charge on any atom is -0.338 e. The molecular formula is C21H15ClN8O3S2. The highest BCUT2D eigenvalue weighted by Crippen LogP contribution is 2.23. The quantitative estimate of drug-likeness (QED) is 0.270. The molecule has 0 fully saturated rings. The maximum atomic E-state index is 12.5. The van der Waals surface area contributed by atoms with Gasteiger partial charge < -0.3 is 10.3 Å². The molecule has 0 aliphatic rings. The van der Waals surface area contributed by atoms with E-state index in [-0.39, 0.29) is 27.5 Å². The molecule has 0 unspecified atom stereocenters. The number of nitrogens with one attached hydrogen (secondary N) is 3. The minimum absolute atomic E-state index is 0.00673. The van der Waals surface area contributed by atoms with E-state index in [1.165, 1.54) is 36.4 Å². The van der Waals surface area contributed by atoms with Crippen LogP contribution >= 0.6 is 23.4 Å². The smallest absolute Gasteiger partial charge is 0.263 e. The summed E-state index contributed by atoms with van der Waals surface area (Å²) in [5, 5.41) is 19.7. The third-order valence-corrected chi connectivity index (χ3v) is 7.16. The van der Waals surface area contributed by atoms with Crippen molar-refractivity contribution in [3.05, 3.63) is 65.8 Å². The Morgan fingerprint density at radius 3 is 2.54 bits per heavy atom. The number of H-pyrrole nitrogens is 1. The van der Waals surface area contributed by atoms with E-state index in [4.69, 9.17) is 11.6 Å². The first-order valence-corrected chi connectivity index (χ1v) is 12.9. The highest BCUT2D eigenvalue weighted by atomic mass is 35.5. The van der Waals surface area contributed by atoms with E-state index >= 15 is 0 Å². The van der Waals surface area contributed by atoms with Crippen molar-refractivity contribution in [3.8, 4) is 0 Å². The zero-order valence-electron chi connectivity index (χ0n) is 17.6. The van der Waals surface area contributed by atoms with Gasteiger partial charge in [0.25, 0.3) is 10.0 Å². The van der Waals surface area contributed by atoms with Crippen LogP contribution in [-0.2, 0) is 14.8 Å². The molecule has 2 aromatic carbocycles. The Morgan fingerprint density at radius 1 is 0.971 bits per heavy atom. The first kappa shape index (κ1) is 23.0. The van der Waals surface area contributed by atoms with E-state index in [1.54, 1.807) is 0 Å². The number of carbonyl (C=O) groups excluding carboxylic acids is 1. The lowest BCUT2D eigenvalue weighted by Crippen LogP contribution is -2.16. The summed E-state index contributed by atoms with van der Waals surface area (Å²) in [7, 11) is -3.88. The summed E-state index contributed by atoms with van der Waals surface area (Å²) in [5.74, 6) is -0.226. The van der Waals surface area contributed by atoms with Crippen LogP contribution in [0, 0.1) is 0 Å². The number of carbonyl (C=O) groups is 1. The van der Waals surface area contributed by atoms with Crippen LogP contribution in [0.3, 0.4) is 0 Å². The van der Waals surface area contributed by atoms with Crippen LogP contribution in [0.5, 0.6) is 0 Å². The molecule has 1 amide bonds. The van der Waals surface area contributed by atoms with Crippen molar-refractivity contribution in [2.45, 2.75) is 10.1 Å². The zero-order chi connectivity index (χ0) is 24.4. The number of hydrogen-bond donors (Lipinski definition) is 3. The topological polar surface area (TPSA) is 156 Å². The average molecular weight is 527 g/mol. The third-order valence-electron chi connectivity index (χ3n) is 4.75. The molecule has 0 aliphatic heterocycles. The second-order valence-corrected chi connectivity index (χ2v) is 10.2. The van der Waals surface area contributed by atoms with Crippen molar-refractivity contribution in [1.82, 2.24) is 30.4 Å². The van der Waals surface area contributed by atoms with Crippen molar-refractivity contribution in [3.63, 3.8) is 0 Å². The molecule has 3 heterocycles. The van der Waals surface area contributed by atoms with Crippen molar-refractivity contribution in [2.24, 2.45) is 0 Å². The molecule has 3 aromatic heterocycles. The predicted molar refractivity (Wildman–Crippen MR) is 133 cm³/mol. The fourth-order valence-corrected chi connectivity index (χ4v) is 4.86. The fourth-order valence-electron chi connectivity index (χ4n) is 3.18. The van der Waals surface area contributed by atoms with Gasteiger partial charge in [-0.05, 0) is 42.5 Å². The Morgan fingerprint density at radius 2 is 1.77 bits per heavy atom. The molecule has 176 valence electrons. The SMILES string of the molecule is O=C(CSc1nnc2c(n1)[nH]c1ccccc12)Nc1ccc(S(=O)(=O)Nc2ccc(Cl)nn2)cc1. The molecule has 11 nitrogen and oxygen atoms in total. The molecule has 0 radical (unpaired) electrons. The van der Waals surface area contributed by atoms with Gasteiger partial charge in [-0.2, -0.15) is 0 Å². The second kappa shape index (κ2) is 9.44. The lowest BCUT2D eigenvalue weighted by Gasteiger charge is -2.08. The number of anilines is 2. The number of aromatic amines is 1. The molecule has 0 atom stereocenters. The fraction of sp³-hybridized carbons (Fsp3) is 0.0476. The van der Waals surface area contributed by atoms with Gasteiger partial charge in [-0.15, -0.1) is 20.4 Å². The number of para-hydroxylation sites is 1. The van der Waals surface area contributed by atoms with Gasteiger partial charge in [-0.3, -0.25) is 9.52 Å². The Kier molecular flexibility index (Phi) is 6.19. The maximum Gasteiger partial charge on any atom is 0.263 e. The zero-order valence-corrected chi connectivity index (χ0v) is 20.0. The summed E-state index contributed by atoms with van der Waals surface area (Å²) in [6.07, 6.45) is 0. The van der Waals surface area contributed by atoms with E-state index in [0.29, 0.717) is 22.0 Å². The number of nitrogens with zero attached hydrogens (tertiary/aromatic N) is 5. The van der Waals surface area contributed by atoms with Crippen LogP contribution in [0.2, 0.25) is 5.15 Å². The molecular weight excluding hydrogens is 512 g/mol. The van der Waals surface area contributed by atoms with Gasteiger partial charge in [-0.25, -0.2) is 13.4 Å². The number of aromatic nitrogens is 6. The van der Waals surface area contributed by atoms with Crippen molar-refractivity contribution < 1.29 is 13.2 Å². The lowest BCUT2D eigenvalue weighted by molar-refractivity contribution is -0.113. The van der Waals surface area contributed by atoms with Crippen LogP contribution in [0.1, 0.15) is 0 Å². The van der Waals surface area contributed by atoms with Gasteiger partial charge >= 0.3 is 0 Å². The van der Waals surface area contributed by atoms with Crippen LogP contribution < -0.4 is 10.0 Å². The van der Waals surface area contributed by atoms with Gasteiger partial charge in [-0.1, -0.05) is 41.6 Å². The average Bonchev–Trinajstić information content (AvgIpc) is 3.22. The number of amides is 1. The highest BCUT2D eigenvalue weighted by Gasteiger charge is 2.16. The number of sulfonamides is 1. The van der Waals surface area contributed by atoms with Crippen molar-refractivity contribution >= 4 is 72.9 Å². The summed E-state index contributed by atoms with van der Waals surface area (Å²) in [6, 6.07) is 16.2. The van der Waals surface area contributed by atoms with Crippen molar-refractivity contribution in [2.75, 3.05) is 15.8 Å². The van der Waals surface area contributed by atoms with Crippen LogP contribution in [0.4, 0.5) is 11.5 Å². The first-order valence-electron chi connectivity index (χ1n) is 10.0. The van der Waals surface area contributed by atoms with Gasteiger partial charge in [0, 0.05) is 16.6 Å².